The second kappa shape index (κ2) is 5.97. The van der Waals surface area contributed by atoms with E-state index in [2.05, 4.69) is 22.6 Å². The predicted molar refractivity (Wildman–Crippen MR) is 79.8 cm³/mol. The molecule has 1 N–H and O–H groups in total. The molecule has 1 aromatic carbocycles. The molecule has 0 radical (unpaired) electrons. The average Bonchev–Trinajstić information content (AvgIpc) is 3.13. The van der Waals surface area contributed by atoms with Gasteiger partial charge in [-0.3, -0.25) is 5.32 Å². The van der Waals surface area contributed by atoms with Crippen molar-refractivity contribution in [3.8, 4) is 0 Å². The maximum Gasteiger partial charge on any atom is 0.138 e. The lowest BCUT2D eigenvalue weighted by molar-refractivity contribution is 0.391. The predicted octanol–water partition coefficient (Wildman–Crippen LogP) is 3.76. The lowest BCUT2D eigenvalue weighted by atomic mass is 10.0. The van der Waals surface area contributed by atoms with Crippen LogP contribution in [0, 0.1) is 13.8 Å². The Morgan fingerprint density at radius 1 is 1.10 bits per heavy atom. The molecule has 21 heavy (non-hydrogen) atoms. The van der Waals surface area contributed by atoms with Gasteiger partial charge in [0.2, 0.25) is 0 Å². The Morgan fingerprint density at radius 3 is 2.52 bits per heavy atom. The minimum absolute atomic E-state index is 0.00917. The van der Waals surface area contributed by atoms with Crippen molar-refractivity contribution in [2.24, 2.45) is 0 Å². The summed E-state index contributed by atoms with van der Waals surface area (Å²) in [5.41, 5.74) is 3.19. The second-order valence-electron chi connectivity index (χ2n) is 5.04. The van der Waals surface area contributed by atoms with Crippen molar-refractivity contribution in [3.05, 3.63) is 77.1 Å². The monoisotopic (exact) mass is 282 g/mol. The number of rotatable bonds is 5. The van der Waals surface area contributed by atoms with E-state index in [0.29, 0.717) is 6.54 Å². The molecule has 0 amide bonds. The minimum Gasteiger partial charge on any atom is -0.467 e. The summed E-state index contributed by atoms with van der Waals surface area (Å²) in [5, 5.41) is 7.52. The van der Waals surface area contributed by atoms with Crippen LogP contribution in [-0.4, -0.2) is 5.16 Å². The quantitative estimate of drug-likeness (QED) is 0.774. The number of hydrogen-bond acceptors (Lipinski definition) is 4. The van der Waals surface area contributed by atoms with Crippen LogP contribution in [0.15, 0.2) is 57.7 Å². The molecule has 108 valence electrons. The fourth-order valence-corrected chi connectivity index (χ4v) is 2.44. The maximum atomic E-state index is 5.58. The first-order valence-corrected chi connectivity index (χ1v) is 6.99. The van der Waals surface area contributed by atoms with Crippen LogP contribution in [0.3, 0.4) is 0 Å². The van der Waals surface area contributed by atoms with Crippen molar-refractivity contribution >= 4 is 0 Å². The van der Waals surface area contributed by atoms with Gasteiger partial charge in [0, 0.05) is 12.1 Å². The highest BCUT2D eigenvalue weighted by Crippen LogP contribution is 2.23. The van der Waals surface area contributed by atoms with Gasteiger partial charge in [0.1, 0.15) is 11.5 Å². The molecule has 3 aromatic rings. The average molecular weight is 282 g/mol. The highest BCUT2D eigenvalue weighted by atomic mass is 16.5. The third-order valence-corrected chi connectivity index (χ3v) is 3.62. The number of furan rings is 1. The van der Waals surface area contributed by atoms with E-state index in [1.165, 1.54) is 5.56 Å². The van der Waals surface area contributed by atoms with E-state index in [-0.39, 0.29) is 6.04 Å². The molecule has 0 aliphatic carbocycles. The van der Waals surface area contributed by atoms with Crippen molar-refractivity contribution in [2.75, 3.05) is 0 Å². The molecule has 4 heteroatoms. The highest BCUT2D eigenvalue weighted by Gasteiger charge is 2.18. The molecule has 0 saturated heterocycles. The van der Waals surface area contributed by atoms with Gasteiger partial charge in [-0.15, -0.1) is 0 Å². The van der Waals surface area contributed by atoms with E-state index < -0.39 is 0 Å². The first kappa shape index (κ1) is 13.6. The largest absolute Gasteiger partial charge is 0.467 e. The molecule has 1 atom stereocenters. The highest BCUT2D eigenvalue weighted by molar-refractivity contribution is 5.27. The summed E-state index contributed by atoms with van der Waals surface area (Å²) in [5.74, 6) is 1.75. The smallest absolute Gasteiger partial charge is 0.138 e. The fraction of sp³-hybridized carbons (Fsp3) is 0.235. The molecule has 4 nitrogen and oxygen atoms in total. The standard InChI is InChI=1S/C17H18N2O2/c1-12-15(13(2)21-19-12)11-18-17(16-9-6-10-20-16)14-7-4-3-5-8-14/h3-10,17-18H,11H2,1-2H3. The van der Waals surface area contributed by atoms with Crippen LogP contribution in [0.1, 0.15) is 34.4 Å². The summed E-state index contributed by atoms with van der Waals surface area (Å²) in [7, 11) is 0. The number of nitrogens with one attached hydrogen (secondary N) is 1. The van der Waals surface area contributed by atoms with Crippen molar-refractivity contribution < 1.29 is 8.94 Å². The van der Waals surface area contributed by atoms with Crippen molar-refractivity contribution in [3.63, 3.8) is 0 Å². The van der Waals surface area contributed by atoms with Crippen LogP contribution in [0.4, 0.5) is 0 Å². The van der Waals surface area contributed by atoms with Crippen molar-refractivity contribution in [1.29, 1.82) is 0 Å². The molecule has 2 heterocycles. The van der Waals surface area contributed by atoms with Gasteiger partial charge < -0.3 is 8.94 Å². The van der Waals surface area contributed by atoms with Gasteiger partial charge in [-0.05, 0) is 31.5 Å². The van der Waals surface area contributed by atoms with Crippen LogP contribution in [0.2, 0.25) is 0 Å². The maximum absolute atomic E-state index is 5.58. The molecular weight excluding hydrogens is 264 g/mol. The van der Waals surface area contributed by atoms with Gasteiger partial charge >= 0.3 is 0 Å². The Kier molecular flexibility index (Phi) is 3.88. The lowest BCUT2D eigenvalue weighted by Gasteiger charge is -2.17. The van der Waals surface area contributed by atoms with Gasteiger partial charge in [-0.1, -0.05) is 35.5 Å². The third-order valence-electron chi connectivity index (χ3n) is 3.62. The van der Waals surface area contributed by atoms with Crippen molar-refractivity contribution in [2.45, 2.75) is 26.4 Å². The van der Waals surface area contributed by atoms with E-state index in [4.69, 9.17) is 8.94 Å². The number of benzene rings is 1. The second-order valence-corrected chi connectivity index (χ2v) is 5.04. The van der Waals surface area contributed by atoms with E-state index >= 15 is 0 Å². The molecular formula is C17H18N2O2. The molecule has 0 fully saturated rings. The zero-order valence-corrected chi connectivity index (χ0v) is 12.2. The van der Waals surface area contributed by atoms with Crippen LogP contribution >= 0.6 is 0 Å². The van der Waals surface area contributed by atoms with E-state index in [1.54, 1.807) is 6.26 Å². The zero-order chi connectivity index (χ0) is 14.7. The number of hydrogen-bond donors (Lipinski definition) is 1. The Morgan fingerprint density at radius 2 is 1.90 bits per heavy atom. The number of aryl methyl sites for hydroxylation is 2. The molecule has 0 aliphatic rings. The molecule has 0 bridgehead atoms. The zero-order valence-electron chi connectivity index (χ0n) is 12.2. The van der Waals surface area contributed by atoms with Gasteiger partial charge in [-0.2, -0.15) is 0 Å². The first-order valence-electron chi connectivity index (χ1n) is 6.99. The van der Waals surface area contributed by atoms with E-state index in [0.717, 1.165) is 22.8 Å². The molecule has 0 spiro atoms. The molecule has 0 aliphatic heterocycles. The Hall–Kier alpha value is -2.33. The molecule has 0 saturated carbocycles. The summed E-state index contributed by atoms with van der Waals surface area (Å²) in [4.78, 5) is 0. The Labute approximate surface area is 123 Å². The van der Waals surface area contributed by atoms with E-state index in [1.807, 2.05) is 44.2 Å². The van der Waals surface area contributed by atoms with Crippen LogP contribution in [0.5, 0.6) is 0 Å². The molecule has 1 unspecified atom stereocenters. The number of nitrogens with zero attached hydrogens (tertiary/aromatic N) is 1. The third kappa shape index (κ3) is 2.90. The van der Waals surface area contributed by atoms with E-state index in [9.17, 15) is 0 Å². The topological polar surface area (TPSA) is 51.2 Å². The van der Waals surface area contributed by atoms with Crippen LogP contribution in [0.25, 0.3) is 0 Å². The Bertz CT molecular complexity index is 667. The first-order chi connectivity index (χ1) is 10.3. The minimum atomic E-state index is 0.00917. The van der Waals surface area contributed by atoms with Crippen molar-refractivity contribution in [1.82, 2.24) is 10.5 Å². The fourth-order valence-electron chi connectivity index (χ4n) is 2.44. The van der Waals surface area contributed by atoms with Gasteiger partial charge in [0.05, 0.1) is 18.0 Å². The summed E-state index contributed by atoms with van der Waals surface area (Å²) in [6, 6.07) is 14.2. The van der Waals surface area contributed by atoms with Gasteiger partial charge in [-0.25, -0.2) is 0 Å². The SMILES string of the molecule is Cc1noc(C)c1CNC(c1ccccc1)c1ccco1. The Balaban J connectivity index is 1.84. The summed E-state index contributed by atoms with van der Waals surface area (Å²) >= 11 is 0. The summed E-state index contributed by atoms with van der Waals surface area (Å²) in [6.07, 6.45) is 1.70. The van der Waals surface area contributed by atoms with Gasteiger partial charge in [0.25, 0.3) is 0 Å². The van der Waals surface area contributed by atoms with Crippen LogP contribution in [-0.2, 0) is 6.54 Å². The normalized spacial score (nSPS) is 12.5. The summed E-state index contributed by atoms with van der Waals surface area (Å²) in [6.45, 7) is 4.57. The lowest BCUT2D eigenvalue weighted by Crippen LogP contribution is -2.22. The molecule has 2 aromatic heterocycles. The van der Waals surface area contributed by atoms with Crippen LogP contribution < -0.4 is 5.32 Å². The summed E-state index contributed by atoms with van der Waals surface area (Å²) < 4.78 is 10.8. The number of aromatic nitrogens is 1. The molecule has 3 rings (SSSR count). The van der Waals surface area contributed by atoms with Gasteiger partial charge in [0.15, 0.2) is 0 Å².